The molecule has 0 unspecified atom stereocenters. The van der Waals surface area contributed by atoms with E-state index in [9.17, 15) is 9.59 Å². The third kappa shape index (κ3) is 2.32. The number of hydrogen-bond donors (Lipinski definition) is 0. The number of carbonyl (C=O) groups excluding carboxylic acids is 1. The molecule has 0 bridgehead atoms. The van der Waals surface area contributed by atoms with Crippen molar-refractivity contribution >= 4 is 11.4 Å². The van der Waals surface area contributed by atoms with E-state index in [1.807, 2.05) is 7.05 Å². The molecule has 3 rings (SSSR count). The van der Waals surface area contributed by atoms with E-state index in [1.54, 1.807) is 34.0 Å². The summed E-state index contributed by atoms with van der Waals surface area (Å²) in [4.78, 5) is 28.3. The number of rotatable bonds is 2. The summed E-state index contributed by atoms with van der Waals surface area (Å²) in [5.41, 5.74) is 0.297. The second-order valence-electron chi connectivity index (χ2n) is 5.08. The monoisotopic (exact) mass is 275 g/mol. The van der Waals surface area contributed by atoms with Crippen LogP contribution in [-0.2, 0) is 11.3 Å². The van der Waals surface area contributed by atoms with Gasteiger partial charge >= 0.3 is 0 Å². The van der Waals surface area contributed by atoms with Gasteiger partial charge in [-0.3, -0.25) is 9.59 Å². The number of hydrogen-bond acceptors (Lipinski definition) is 4. The first-order valence-electron chi connectivity index (χ1n) is 6.64. The molecule has 20 heavy (non-hydrogen) atoms. The Labute approximate surface area is 116 Å². The van der Waals surface area contributed by atoms with Crippen LogP contribution in [-0.4, -0.2) is 63.1 Å². The molecule has 7 heteroatoms. The largest absolute Gasteiger partial charge is 0.339 e. The van der Waals surface area contributed by atoms with Gasteiger partial charge in [0.15, 0.2) is 0 Å². The molecule has 7 nitrogen and oxygen atoms in total. The minimum atomic E-state index is -0.236. The van der Waals surface area contributed by atoms with Crippen molar-refractivity contribution in [2.45, 2.75) is 6.54 Å². The Morgan fingerprint density at radius 2 is 2.05 bits per heavy atom. The smallest absolute Gasteiger partial charge is 0.291 e. The first-order chi connectivity index (χ1) is 9.65. The molecule has 0 N–H and O–H groups in total. The Hall–Kier alpha value is -2.15. The Balaban J connectivity index is 1.77. The predicted octanol–water partition coefficient (Wildman–Crippen LogP) is -0.730. The van der Waals surface area contributed by atoms with E-state index in [1.165, 1.54) is 4.68 Å². The highest BCUT2D eigenvalue weighted by Crippen LogP contribution is 2.01. The lowest BCUT2D eigenvalue weighted by molar-refractivity contribution is -0.133. The molecule has 1 fully saturated rings. The van der Waals surface area contributed by atoms with Crippen LogP contribution >= 0.6 is 0 Å². The normalized spacial score (nSPS) is 16.8. The van der Waals surface area contributed by atoms with Crippen LogP contribution in [0.15, 0.2) is 29.5 Å². The fourth-order valence-electron chi connectivity index (χ4n) is 2.37. The van der Waals surface area contributed by atoms with Crippen molar-refractivity contribution in [2.24, 2.45) is 0 Å². The molecule has 106 valence electrons. The number of likely N-dealkylation sites (N-methyl/N-ethyl adjacent to an activating group) is 1. The van der Waals surface area contributed by atoms with E-state index in [2.05, 4.69) is 10.00 Å². The third-order valence-electron chi connectivity index (χ3n) is 3.69. The highest BCUT2D eigenvalue weighted by molar-refractivity contribution is 5.76. The Morgan fingerprint density at radius 1 is 1.30 bits per heavy atom. The third-order valence-corrected chi connectivity index (χ3v) is 3.69. The van der Waals surface area contributed by atoms with Gasteiger partial charge in [-0.2, -0.15) is 5.10 Å². The molecule has 0 aliphatic carbocycles. The number of nitrogens with zero attached hydrogens (tertiary/aromatic N) is 5. The minimum Gasteiger partial charge on any atom is -0.339 e. The van der Waals surface area contributed by atoms with Crippen molar-refractivity contribution in [3.05, 3.63) is 35.0 Å². The molecule has 1 aliphatic heterocycles. The van der Waals surface area contributed by atoms with Crippen molar-refractivity contribution in [1.82, 2.24) is 24.0 Å². The van der Waals surface area contributed by atoms with Crippen molar-refractivity contribution < 1.29 is 4.79 Å². The van der Waals surface area contributed by atoms with Gasteiger partial charge < -0.3 is 14.2 Å². The average molecular weight is 275 g/mol. The summed E-state index contributed by atoms with van der Waals surface area (Å²) in [7, 11) is 2.04. The zero-order chi connectivity index (χ0) is 14.1. The van der Waals surface area contributed by atoms with Gasteiger partial charge in [-0.1, -0.05) is 0 Å². The van der Waals surface area contributed by atoms with Crippen LogP contribution in [0, 0.1) is 0 Å². The van der Waals surface area contributed by atoms with Crippen LogP contribution in [0.4, 0.5) is 0 Å². The predicted molar refractivity (Wildman–Crippen MR) is 73.5 cm³/mol. The number of aromatic nitrogens is 3. The molecule has 0 atom stereocenters. The maximum atomic E-state index is 12.2. The van der Waals surface area contributed by atoms with Gasteiger partial charge in [0, 0.05) is 32.4 Å². The molecule has 1 amide bonds. The van der Waals surface area contributed by atoms with Crippen molar-refractivity contribution in [1.29, 1.82) is 0 Å². The van der Waals surface area contributed by atoms with Gasteiger partial charge in [-0.05, 0) is 19.2 Å². The van der Waals surface area contributed by atoms with E-state index < -0.39 is 0 Å². The maximum Gasteiger partial charge on any atom is 0.291 e. The van der Waals surface area contributed by atoms with Gasteiger partial charge in [0.1, 0.15) is 18.4 Å². The number of piperazine rings is 1. The highest BCUT2D eigenvalue weighted by atomic mass is 16.2. The maximum absolute atomic E-state index is 12.2. The van der Waals surface area contributed by atoms with Crippen LogP contribution < -0.4 is 5.56 Å². The van der Waals surface area contributed by atoms with E-state index in [0.29, 0.717) is 18.6 Å². The molecule has 0 aromatic carbocycles. The van der Waals surface area contributed by atoms with E-state index in [4.69, 9.17) is 0 Å². The number of fused-ring (bicyclic) bond motifs is 1. The lowest BCUT2D eigenvalue weighted by Gasteiger charge is -2.32. The molecular formula is C13H17N5O2. The first kappa shape index (κ1) is 12.9. The van der Waals surface area contributed by atoms with Crippen molar-refractivity contribution in [2.75, 3.05) is 33.2 Å². The van der Waals surface area contributed by atoms with Crippen LogP contribution in [0.25, 0.3) is 5.52 Å². The van der Waals surface area contributed by atoms with E-state index in [0.717, 1.165) is 13.1 Å². The SMILES string of the molecule is CN1CCN(C(=O)Cn2ncn3cccc3c2=O)CC1. The Kier molecular flexibility index (Phi) is 3.27. The Morgan fingerprint density at radius 3 is 2.80 bits per heavy atom. The number of carbonyl (C=O) groups is 1. The van der Waals surface area contributed by atoms with Gasteiger partial charge in [0.25, 0.3) is 5.56 Å². The zero-order valence-corrected chi connectivity index (χ0v) is 11.4. The molecule has 0 radical (unpaired) electrons. The fourth-order valence-corrected chi connectivity index (χ4v) is 2.37. The second kappa shape index (κ2) is 5.09. The summed E-state index contributed by atoms with van der Waals surface area (Å²) in [6.45, 7) is 3.15. The summed E-state index contributed by atoms with van der Waals surface area (Å²) >= 11 is 0. The lowest BCUT2D eigenvalue weighted by atomic mass is 10.3. The van der Waals surface area contributed by atoms with Gasteiger partial charge in [0.05, 0.1) is 0 Å². The summed E-state index contributed by atoms with van der Waals surface area (Å²) < 4.78 is 2.88. The minimum absolute atomic E-state index is 0.00419. The quantitative estimate of drug-likeness (QED) is 0.725. The summed E-state index contributed by atoms with van der Waals surface area (Å²) in [5.74, 6) is -0.0522. The van der Waals surface area contributed by atoms with Gasteiger partial charge in [0.2, 0.25) is 5.91 Å². The highest BCUT2D eigenvalue weighted by Gasteiger charge is 2.20. The van der Waals surface area contributed by atoms with Gasteiger partial charge in [-0.25, -0.2) is 4.68 Å². The summed E-state index contributed by atoms with van der Waals surface area (Å²) in [5, 5.41) is 4.04. The fraction of sp³-hybridized carbons (Fsp3) is 0.462. The van der Waals surface area contributed by atoms with E-state index in [-0.39, 0.29) is 18.0 Å². The summed E-state index contributed by atoms with van der Waals surface area (Å²) in [6.07, 6.45) is 3.31. The molecule has 1 aliphatic rings. The van der Waals surface area contributed by atoms with Crippen molar-refractivity contribution in [3.63, 3.8) is 0 Å². The summed E-state index contributed by atoms with van der Waals surface area (Å²) in [6, 6.07) is 3.51. The topological polar surface area (TPSA) is 62.9 Å². The van der Waals surface area contributed by atoms with Crippen LogP contribution in [0.5, 0.6) is 0 Å². The Bertz CT molecular complexity index is 681. The molecule has 1 saturated heterocycles. The van der Waals surface area contributed by atoms with Crippen LogP contribution in [0.3, 0.4) is 0 Å². The van der Waals surface area contributed by atoms with Crippen LogP contribution in [0.1, 0.15) is 0 Å². The lowest BCUT2D eigenvalue weighted by Crippen LogP contribution is -2.48. The zero-order valence-electron chi connectivity index (χ0n) is 11.4. The molecule has 2 aromatic rings. The van der Waals surface area contributed by atoms with Crippen molar-refractivity contribution in [3.8, 4) is 0 Å². The van der Waals surface area contributed by atoms with Crippen LogP contribution in [0.2, 0.25) is 0 Å². The van der Waals surface area contributed by atoms with Gasteiger partial charge in [-0.15, -0.1) is 0 Å². The molecule has 0 spiro atoms. The standard InChI is InChI=1S/C13H17N5O2/c1-15-5-7-16(8-6-15)12(19)9-18-13(20)11-3-2-4-17(11)10-14-18/h2-4,10H,5-9H2,1H3. The number of amides is 1. The molecular weight excluding hydrogens is 258 g/mol. The molecule has 2 aromatic heterocycles. The average Bonchev–Trinajstić information content (AvgIpc) is 2.92. The second-order valence-corrected chi connectivity index (χ2v) is 5.08. The molecule has 0 saturated carbocycles. The van der Waals surface area contributed by atoms with E-state index >= 15 is 0 Å². The molecule has 3 heterocycles. The first-order valence-corrected chi connectivity index (χ1v) is 6.64.